The van der Waals surface area contributed by atoms with Gasteiger partial charge in [0, 0.05) is 10.0 Å². The van der Waals surface area contributed by atoms with Crippen LogP contribution in [0.2, 0.25) is 10.0 Å². The summed E-state index contributed by atoms with van der Waals surface area (Å²) in [5, 5.41) is 0.384. The van der Waals surface area contributed by atoms with E-state index in [4.69, 9.17) is 23.2 Å². The van der Waals surface area contributed by atoms with Gasteiger partial charge in [-0.05, 0) is 18.2 Å². The molecule has 0 aliphatic carbocycles. The van der Waals surface area contributed by atoms with Gasteiger partial charge in [0.25, 0.3) is 0 Å². The van der Waals surface area contributed by atoms with E-state index in [1.54, 1.807) is 0 Å². The van der Waals surface area contributed by atoms with Crippen LogP contribution in [-0.4, -0.2) is 18.1 Å². The maximum Gasteiger partial charge on any atom is 0.602 e. The molecule has 7 heteroatoms. The van der Waals surface area contributed by atoms with Crippen LogP contribution in [0.15, 0.2) is 18.2 Å². The number of benzene rings is 1. The van der Waals surface area contributed by atoms with Crippen LogP contribution in [0.1, 0.15) is 0 Å². The smallest absolute Gasteiger partial charge is 0.375 e. The first-order valence-corrected chi connectivity index (χ1v) is 4.49. The summed E-state index contributed by atoms with van der Waals surface area (Å²) in [6.45, 7) is 0. The lowest BCUT2D eigenvalue weighted by Crippen LogP contribution is -2.35. The molecule has 1 amide bonds. The van der Waals surface area contributed by atoms with Crippen molar-refractivity contribution in [3.8, 4) is 5.75 Å². The quantitative estimate of drug-likeness (QED) is 0.717. The molecule has 0 atom stereocenters. The molecule has 3 nitrogen and oxygen atoms in total. The maximum absolute atomic E-state index is 12.4. The van der Waals surface area contributed by atoms with Gasteiger partial charge in [-0.2, -0.15) is 4.79 Å². The fraction of sp³-hybridized carbons (Fsp3) is 0.125. The monoisotopic (exact) mass is 256 g/mol. The van der Waals surface area contributed by atoms with Gasteiger partial charge in [-0.25, -0.2) is 0 Å². The molecule has 1 aromatic rings. The van der Waals surface area contributed by atoms with E-state index in [2.05, 4.69) is 4.74 Å². The molecule has 0 saturated carbocycles. The molecule has 0 bridgehead atoms. The fourth-order valence-electron chi connectivity index (χ4n) is 0.768. The minimum Gasteiger partial charge on any atom is -0.375 e. The van der Waals surface area contributed by atoms with Crippen LogP contribution >= 0.6 is 23.2 Å². The number of quaternary nitrogens is 1. The Balaban J connectivity index is 2.86. The number of amides is 1. The second-order valence-corrected chi connectivity index (χ2v) is 3.64. The predicted octanol–water partition coefficient (Wildman–Crippen LogP) is 3.71. The van der Waals surface area contributed by atoms with Gasteiger partial charge in [0.1, 0.15) is 5.75 Å². The average molecular weight is 257 g/mol. The van der Waals surface area contributed by atoms with Crippen molar-refractivity contribution < 1.29 is 23.4 Å². The molecule has 0 spiro atoms. The van der Waals surface area contributed by atoms with Crippen LogP contribution < -0.4 is 4.74 Å². The highest BCUT2D eigenvalue weighted by Crippen LogP contribution is 2.25. The van der Waals surface area contributed by atoms with Crippen molar-refractivity contribution in [2.75, 3.05) is 7.05 Å². The molecule has 0 saturated heterocycles. The number of halogens is 4. The number of nitrogens with zero attached hydrogens (tertiary/aromatic N) is 1. The predicted molar refractivity (Wildman–Crippen MR) is 50.9 cm³/mol. The lowest BCUT2D eigenvalue weighted by molar-refractivity contribution is -1.10. The van der Waals surface area contributed by atoms with Gasteiger partial charge in [0.05, 0.1) is 8.96 Å². The van der Waals surface area contributed by atoms with Crippen LogP contribution in [0.25, 0.3) is 0 Å². The lowest BCUT2D eigenvalue weighted by Gasteiger charge is -2.06. The van der Waals surface area contributed by atoms with Crippen LogP contribution in [0.5, 0.6) is 5.75 Å². The van der Waals surface area contributed by atoms with E-state index in [0.717, 1.165) is 0 Å². The van der Waals surface area contributed by atoms with Crippen LogP contribution in [-0.2, 0) is 0 Å². The Bertz CT molecular complexity index is 372. The normalized spacial score (nSPS) is 11.3. The molecule has 15 heavy (non-hydrogen) atoms. The van der Waals surface area contributed by atoms with Gasteiger partial charge < -0.3 is 4.74 Å². The third-order valence-corrected chi connectivity index (χ3v) is 1.80. The van der Waals surface area contributed by atoms with E-state index in [1.165, 1.54) is 18.2 Å². The van der Waals surface area contributed by atoms with E-state index < -0.39 is 11.0 Å². The number of hydrogen-bond acceptors (Lipinski definition) is 2. The van der Waals surface area contributed by atoms with E-state index in [1.807, 2.05) is 0 Å². The number of carbonyl (C=O) groups excluding carboxylic acids is 1. The van der Waals surface area contributed by atoms with Crippen molar-refractivity contribution in [3.63, 3.8) is 0 Å². The Morgan fingerprint density at radius 1 is 1.27 bits per heavy atom. The van der Waals surface area contributed by atoms with E-state index in [0.29, 0.717) is 7.05 Å². The largest absolute Gasteiger partial charge is 0.602 e. The Labute approximate surface area is 94.2 Å². The summed E-state index contributed by atoms with van der Waals surface area (Å²) in [6, 6.07) is 3.81. The standard InChI is InChI=1S/C8H6Cl2F2NO2/c1-13(11,12)8(14)15-7-3-5(9)2-6(10)4-7/h2-4H,1H3/q+1. The summed E-state index contributed by atoms with van der Waals surface area (Å²) in [4.78, 5) is 7.84. The molecule has 0 aliphatic heterocycles. The third kappa shape index (κ3) is 3.62. The molecule has 1 rings (SSSR count). The van der Waals surface area contributed by atoms with Crippen LogP contribution in [0, 0.1) is 0 Å². The maximum atomic E-state index is 12.4. The summed E-state index contributed by atoms with van der Waals surface area (Å²) < 4.78 is 29.2. The first kappa shape index (κ1) is 12.2. The number of ether oxygens (including phenoxy) is 1. The zero-order valence-electron chi connectivity index (χ0n) is 7.51. The lowest BCUT2D eigenvalue weighted by atomic mass is 10.3. The van der Waals surface area contributed by atoms with E-state index in [9.17, 15) is 13.8 Å². The summed E-state index contributed by atoms with van der Waals surface area (Å²) in [6.07, 6.45) is -1.71. The molecule has 0 aromatic heterocycles. The Hall–Kier alpha value is -0.910. The molecule has 1 aromatic carbocycles. The van der Waals surface area contributed by atoms with Gasteiger partial charge in [0.2, 0.25) is 0 Å². The van der Waals surface area contributed by atoms with Crippen molar-refractivity contribution in [1.82, 2.24) is 0 Å². The van der Waals surface area contributed by atoms with Crippen molar-refractivity contribution in [1.29, 1.82) is 0 Å². The Morgan fingerprint density at radius 3 is 2.13 bits per heavy atom. The zero-order valence-corrected chi connectivity index (χ0v) is 9.02. The second kappa shape index (κ2) is 4.30. The second-order valence-electron chi connectivity index (χ2n) is 2.77. The first-order chi connectivity index (χ1) is 6.79. The van der Waals surface area contributed by atoms with Crippen LogP contribution in [0.4, 0.5) is 13.8 Å². The molecule has 0 unspecified atom stereocenters. The van der Waals surface area contributed by atoms with Crippen molar-refractivity contribution >= 4 is 29.3 Å². The number of rotatable bonds is 1. The first-order valence-electron chi connectivity index (χ1n) is 3.73. The third-order valence-electron chi connectivity index (χ3n) is 1.36. The highest BCUT2D eigenvalue weighted by Gasteiger charge is 2.38. The Kier molecular flexibility index (Phi) is 3.49. The summed E-state index contributed by atoms with van der Waals surface area (Å²) in [5.74, 6) is -0.128. The van der Waals surface area contributed by atoms with Gasteiger partial charge in [-0.1, -0.05) is 23.2 Å². The molecular formula is C8H6Cl2F2NO2+. The zero-order chi connectivity index (χ0) is 11.6. The highest BCUT2D eigenvalue weighted by atomic mass is 35.5. The summed E-state index contributed by atoms with van der Waals surface area (Å²) >= 11 is 11.2. The van der Waals surface area contributed by atoms with Gasteiger partial charge in [0.15, 0.2) is 12.0 Å². The minimum absolute atomic E-state index is 0.128. The summed E-state index contributed by atoms with van der Waals surface area (Å²) in [7, 11) is 0.383. The van der Waals surface area contributed by atoms with Crippen molar-refractivity contribution in [3.05, 3.63) is 28.2 Å². The minimum atomic E-state index is -2.93. The van der Waals surface area contributed by atoms with Gasteiger partial charge >= 0.3 is 6.09 Å². The van der Waals surface area contributed by atoms with Crippen molar-refractivity contribution in [2.45, 2.75) is 0 Å². The topological polar surface area (TPSA) is 26.3 Å². The average Bonchev–Trinajstić information content (AvgIpc) is 1.99. The highest BCUT2D eigenvalue weighted by molar-refractivity contribution is 6.34. The molecule has 0 fully saturated rings. The molecule has 0 N–H and O–H groups in total. The SMILES string of the molecule is C[N+](F)(F)C(=O)Oc1cc(Cl)cc(Cl)c1. The fourth-order valence-corrected chi connectivity index (χ4v) is 1.27. The molecule has 82 valence electrons. The molecule has 0 radical (unpaired) electrons. The van der Waals surface area contributed by atoms with Gasteiger partial charge in [-0.3, -0.25) is 0 Å². The summed E-state index contributed by atoms with van der Waals surface area (Å²) in [5.41, 5.74) is 0. The van der Waals surface area contributed by atoms with Crippen LogP contribution in [0.3, 0.4) is 0 Å². The molecule has 0 aliphatic rings. The van der Waals surface area contributed by atoms with Crippen molar-refractivity contribution in [2.24, 2.45) is 0 Å². The number of carbonyl (C=O) groups is 1. The van der Waals surface area contributed by atoms with E-state index >= 15 is 0 Å². The number of hydrogen-bond donors (Lipinski definition) is 0. The van der Waals surface area contributed by atoms with E-state index in [-0.39, 0.29) is 15.8 Å². The molecular weight excluding hydrogens is 251 g/mol. The molecule has 0 heterocycles. The van der Waals surface area contributed by atoms with Gasteiger partial charge in [-0.15, -0.1) is 0 Å². The Morgan fingerprint density at radius 2 is 1.73 bits per heavy atom.